The molecule has 0 N–H and O–H groups in total. The van der Waals surface area contributed by atoms with E-state index in [0.717, 1.165) is 5.56 Å². The summed E-state index contributed by atoms with van der Waals surface area (Å²) in [5, 5.41) is 5.57. The number of oxime groups is 1. The van der Waals surface area contributed by atoms with Crippen LogP contribution in [-0.4, -0.2) is 10.9 Å². The molecule has 112 valence electrons. The summed E-state index contributed by atoms with van der Waals surface area (Å²) in [5.41, 5.74) is 1.75. The Kier molecular flexibility index (Phi) is 4.16. The zero-order chi connectivity index (χ0) is 15.4. The number of hydrogen-bond donors (Lipinski definition) is 0. The van der Waals surface area contributed by atoms with Crippen molar-refractivity contribution in [3.05, 3.63) is 83.5 Å². The van der Waals surface area contributed by atoms with E-state index in [2.05, 4.69) is 5.16 Å². The molecule has 0 spiro atoms. The molecule has 1 aliphatic heterocycles. The molecule has 5 heteroatoms. The summed E-state index contributed by atoms with van der Waals surface area (Å²) < 4.78 is 13.1. The van der Waals surface area contributed by atoms with Gasteiger partial charge in [-0.2, -0.15) is 0 Å². The summed E-state index contributed by atoms with van der Waals surface area (Å²) in [6, 6.07) is 15.8. The molecule has 0 aliphatic carbocycles. The Balaban J connectivity index is 1.78. The number of allylic oxidation sites excluding steroid dienone is 1. The first-order chi connectivity index (χ1) is 10.7. The van der Waals surface area contributed by atoms with Crippen LogP contribution < -0.4 is 0 Å². The van der Waals surface area contributed by atoms with Crippen molar-refractivity contribution in [2.24, 2.45) is 5.16 Å². The van der Waals surface area contributed by atoms with E-state index in [4.69, 9.17) is 9.68 Å². The second kappa shape index (κ2) is 6.41. The van der Waals surface area contributed by atoms with E-state index in [1.54, 1.807) is 30.3 Å². The molecule has 0 amide bonds. The summed E-state index contributed by atoms with van der Waals surface area (Å²) in [5.74, 6) is 0.782. The van der Waals surface area contributed by atoms with E-state index in [9.17, 15) is 4.39 Å². The molecule has 1 heterocycles. The molecule has 0 radical (unpaired) electrons. The summed E-state index contributed by atoms with van der Waals surface area (Å²) >= 11 is 0. The smallest absolute Gasteiger partial charge is 0.204 e. The third-order valence-corrected chi connectivity index (χ3v) is 3.10. The Hall–Kier alpha value is -2.66. The van der Waals surface area contributed by atoms with E-state index < -0.39 is 0 Å². The van der Waals surface area contributed by atoms with Gasteiger partial charge in [0.05, 0.1) is 6.20 Å². The summed E-state index contributed by atoms with van der Waals surface area (Å²) in [7, 11) is 0. The molecular weight excluding hydrogens is 283 g/mol. The number of amidine groups is 1. The van der Waals surface area contributed by atoms with Crippen LogP contribution >= 0.6 is 0 Å². The van der Waals surface area contributed by atoms with Crippen molar-refractivity contribution >= 4 is 5.84 Å². The molecule has 0 unspecified atom stereocenters. The summed E-state index contributed by atoms with van der Waals surface area (Å²) in [6.45, 7) is 2.18. The molecular formula is C17H15FN2O2. The number of rotatable bonds is 4. The van der Waals surface area contributed by atoms with Crippen molar-refractivity contribution < 1.29 is 14.1 Å². The first kappa shape index (κ1) is 14.3. The van der Waals surface area contributed by atoms with E-state index in [1.165, 1.54) is 12.1 Å². The molecule has 0 fully saturated rings. The Labute approximate surface area is 128 Å². The molecule has 2 aromatic carbocycles. The maximum atomic E-state index is 13.1. The Morgan fingerprint density at radius 2 is 1.82 bits per heavy atom. The van der Waals surface area contributed by atoms with Crippen LogP contribution in [0.4, 0.5) is 4.39 Å². The van der Waals surface area contributed by atoms with Gasteiger partial charge in [-0.05, 0) is 36.8 Å². The van der Waals surface area contributed by atoms with Gasteiger partial charge in [-0.25, -0.2) is 9.45 Å². The van der Waals surface area contributed by atoms with Gasteiger partial charge in [-0.1, -0.05) is 35.5 Å². The maximum Gasteiger partial charge on any atom is 0.204 e. The molecule has 3 rings (SSSR count). The van der Waals surface area contributed by atoms with E-state index in [1.807, 2.05) is 30.3 Å². The lowest BCUT2D eigenvalue weighted by molar-refractivity contribution is -0.0833. The predicted molar refractivity (Wildman–Crippen MR) is 80.8 cm³/mol. The van der Waals surface area contributed by atoms with Crippen LogP contribution in [0.3, 0.4) is 0 Å². The van der Waals surface area contributed by atoms with Gasteiger partial charge >= 0.3 is 0 Å². The SMILES string of the molecule is CC1=CN(OCc2ccccc2)C(c2ccc(F)cc2)=NO1. The first-order valence-electron chi connectivity index (χ1n) is 6.88. The predicted octanol–water partition coefficient (Wildman–Crippen LogP) is 3.81. The van der Waals surface area contributed by atoms with Crippen LogP contribution in [0, 0.1) is 5.82 Å². The lowest BCUT2D eigenvalue weighted by Crippen LogP contribution is -2.30. The van der Waals surface area contributed by atoms with Crippen LogP contribution in [0.2, 0.25) is 0 Å². The van der Waals surface area contributed by atoms with Crippen LogP contribution in [-0.2, 0) is 16.3 Å². The lowest BCUT2D eigenvalue weighted by atomic mass is 10.2. The molecule has 22 heavy (non-hydrogen) atoms. The van der Waals surface area contributed by atoms with Gasteiger partial charge in [0.15, 0.2) is 5.76 Å². The van der Waals surface area contributed by atoms with Gasteiger partial charge in [-0.15, -0.1) is 0 Å². The minimum absolute atomic E-state index is 0.301. The first-order valence-corrected chi connectivity index (χ1v) is 6.88. The molecule has 0 atom stereocenters. The summed E-state index contributed by atoms with van der Waals surface area (Å²) in [4.78, 5) is 11.0. The molecule has 0 bridgehead atoms. The van der Waals surface area contributed by atoms with E-state index >= 15 is 0 Å². The zero-order valence-electron chi connectivity index (χ0n) is 12.1. The summed E-state index contributed by atoms with van der Waals surface area (Å²) in [6.07, 6.45) is 1.70. The van der Waals surface area contributed by atoms with Gasteiger partial charge in [0, 0.05) is 5.56 Å². The van der Waals surface area contributed by atoms with Crippen molar-refractivity contribution in [1.29, 1.82) is 0 Å². The van der Waals surface area contributed by atoms with Gasteiger partial charge < -0.3 is 4.84 Å². The van der Waals surface area contributed by atoms with E-state index in [0.29, 0.717) is 23.8 Å². The quantitative estimate of drug-likeness (QED) is 0.860. The molecule has 2 aromatic rings. The average Bonchev–Trinajstić information content (AvgIpc) is 2.55. The molecule has 0 saturated carbocycles. The number of nitrogens with zero attached hydrogens (tertiary/aromatic N) is 2. The number of benzene rings is 2. The monoisotopic (exact) mass is 298 g/mol. The fourth-order valence-corrected chi connectivity index (χ4v) is 2.00. The number of hydrogen-bond acceptors (Lipinski definition) is 4. The minimum atomic E-state index is -0.301. The van der Waals surface area contributed by atoms with Gasteiger partial charge in [0.25, 0.3) is 0 Å². The maximum absolute atomic E-state index is 13.1. The van der Waals surface area contributed by atoms with Gasteiger partial charge in [0.1, 0.15) is 12.4 Å². The van der Waals surface area contributed by atoms with Crippen LogP contribution in [0.25, 0.3) is 0 Å². The van der Waals surface area contributed by atoms with Gasteiger partial charge in [0.2, 0.25) is 5.84 Å². The van der Waals surface area contributed by atoms with Gasteiger partial charge in [-0.3, -0.25) is 4.84 Å². The van der Waals surface area contributed by atoms with Crippen molar-refractivity contribution in [2.45, 2.75) is 13.5 Å². The average molecular weight is 298 g/mol. The zero-order valence-corrected chi connectivity index (χ0v) is 12.1. The van der Waals surface area contributed by atoms with Crippen molar-refractivity contribution in [3.63, 3.8) is 0 Å². The van der Waals surface area contributed by atoms with Crippen LogP contribution in [0.5, 0.6) is 0 Å². The number of hydroxylamine groups is 2. The van der Waals surface area contributed by atoms with Crippen LogP contribution in [0.15, 0.2) is 71.7 Å². The third kappa shape index (κ3) is 3.32. The van der Waals surface area contributed by atoms with Crippen molar-refractivity contribution in [3.8, 4) is 0 Å². The molecule has 1 aliphatic rings. The highest BCUT2D eigenvalue weighted by atomic mass is 19.1. The van der Waals surface area contributed by atoms with Crippen molar-refractivity contribution in [1.82, 2.24) is 5.06 Å². The fraction of sp³-hybridized carbons (Fsp3) is 0.118. The standard InChI is InChI=1S/C17H15FN2O2/c1-13-11-20(21-12-14-5-3-2-4-6-14)17(19-22-13)15-7-9-16(18)10-8-15/h2-11H,12H2,1H3. The molecule has 0 saturated heterocycles. The highest BCUT2D eigenvalue weighted by Crippen LogP contribution is 2.17. The Morgan fingerprint density at radius 3 is 2.55 bits per heavy atom. The topological polar surface area (TPSA) is 34.1 Å². The largest absolute Gasteiger partial charge is 0.358 e. The lowest BCUT2D eigenvalue weighted by Gasteiger charge is -2.24. The normalized spacial score (nSPS) is 14.2. The Bertz CT molecular complexity index is 696. The molecule has 0 aromatic heterocycles. The second-order valence-corrected chi connectivity index (χ2v) is 4.84. The number of halogens is 1. The fourth-order valence-electron chi connectivity index (χ4n) is 2.00. The highest BCUT2D eigenvalue weighted by molar-refractivity contribution is 5.98. The second-order valence-electron chi connectivity index (χ2n) is 4.84. The highest BCUT2D eigenvalue weighted by Gasteiger charge is 2.19. The molecule has 4 nitrogen and oxygen atoms in total. The Morgan fingerprint density at radius 1 is 1.09 bits per heavy atom. The van der Waals surface area contributed by atoms with Crippen LogP contribution in [0.1, 0.15) is 18.1 Å². The third-order valence-electron chi connectivity index (χ3n) is 3.10. The van der Waals surface area contributed by atoms with Crippen molar-refractivity contribution in [2.75, 3.05) is 0 Å². The van der Waals surface area contributed by atoms with E-state index in [-0.39, 0.29) is 5.82 Å². The minimum Gasteiger partial charge on any atom is -0.358 e.